The van der Waals surface area contributed by atoms with Crippen LogP contribution in [0.4, 0.5) is 0 Å². The summed E-state index contributed by atoms with van der Waals surface area (Å²) in [4.78, 5) is 4.97. The van der Waals surface area contributed by atoms with E-state index in [1.807, 2.05) is 24.4 Å². The smallest absolute Gasteiger partial charge is 0.124 e. The molecule has 3 saturated carbocycles. The Bertz CT molecular complexity index is 906. The van der Waals surface area contributed by atoms with E-state index in [0.717, 1.165) is 23.3 Å². The zero-order chi connectivity index (χ0) is 22.5. The summed E-state index contributed by atoms with van der Waals surface area (Å²) >= 11 is 0. The highest BCUT2D eigenvalue weighted by atomic mass is 16.3. The molecule has 0 bridgehead atoms. The molecule has 4 aliphatic carbocycles. The van der Waals surface area contributed by atoms with Crippen LogP contribution in [0, 0.1) is 34.5 Å². The summed E-state index contributed by atoms with van der Waals surface area (Å²) in [6.07, 6.45) is 15.3. The molecular weight excluding hydrogens is 392 g/mol. The van der Waals surface area contributed by atoms with Gasteiger partial charge in [-0.3, -0.25) is 4.99 Å². The lowest BCUT2D eigenvalue weighted by Crippen LogP contribution is -2.51. The maximum Gasteiger partial charge on any atom is 0.124 e. The first-order valence-corrected chi connectivity index (χ1v) is 13.0. The molecule has 8 atom stereocenters. The number of benzene rings is 1. The topological polar surface area (TPSA) is 44.6 Å². The van der Waals surface area contributed by atoms with Crippen LogP contribution in [-0.2, 0) is 0 Å². The van der Waals surface area contributed by atoms with E-state index in [1.54, 1.807) is 11.6 Å². The number of aliphatic imine (C=N–C) groups is 1. The van der Waals surface area contributed by atoms with Crippen molar-refractivity contribution in [3.8, 4) is 5.75 Å². The third kappa shape index (κ3) is 3.47. The molecule has 3 fully saturated rings. The van der Waals surface area contributed by atoms with Crippen LogP contribution in [0.25, 0.3) is 0 Å². The third-order valence-electron chi connectivity index (χ3n) is 10.6. The van der Waals surface area contributed by atoms with Crippen LogP contribution in [0.15, 0.2) is 40.9 Å². The monoisotopic (exact) mass is 434 g/mol. The van der Waals surface area contributed by atoms with E-state index in [2.05, 4.69) is 39.2 Å². The normalized spacial score (nSPS) is 42.1. The van der Waals surface area contributed by atoms with Crippen molar-refractivity contribution in [2.24, 2.45) is 39.5 Å². The average molecular weight is 435 g/mol. The van der Waals surface area contributed by atoms with Gasteiger partial charge in [-0.15, -0.1) is 0 Å². The number of fused-ring (bicyclic) bond motifs is 5. The van der Waals surface area contributed by atoms with Crippen LogP contribution < -0.4 is 5.32 Å². The Morgan fingerprint density at radius 1 is 1.09 bits per heavy atom. The molecule has 5 rings (SSSR count). The molecule has 0 spiro atoms. The average Bonchev–Trinajstić information content (AvgIpc) is 3.15. The molecule has 0 aromatic heterocycles. The van der Waals surface area contributed by atoms with Gasteiger partial charge in [-0.2, -0.15) is 0 Å². The van der Waals surface area contributed by atoms with Crippen molar-refractivity contribution in [1.82, 2.24) is 5.32 Å². The van der Waals surface area contributed by atoms with Gasteiger partial charge >= 0.3 is 0 Å². The molecular formula is C29H42N2O. The predicted octanol–water partition coefficient (Wildman–Crippen LogP) is 6.37. The van der Waals surface area contributed by atoms with Crippen molar-refractivity contribution >= 4 is 6.21 Å². The van der Waals surface area contributed by atoms with E-state index in [0.29, 0.717) is 34.6 Å². The van der Waals surface area contributed by atoms with Crippen molar-refractivity contribution in [1.29, 1.82) is 0 Å². The van der Waals surface area contributed by atoms with Crippen LogP contribution in [0.1, 0.15) is 77.7 Å². The number of aromatic hydroxyl groups is 1. The van der Waals surface area contributed by atoms with E-state index in [4.69, 9.17) is 4.99 Å². The Morgan fingerprint density at radius 3 is 2.69 bits per heavy atom. The van der Waals surface area contributed by atoms with Gasteiger partial charge in [0.2, 0.25) is 0 Å². The van der Waals surface area contributed by atoms with E-state index >= 15 is 0 Å². The number of hydrogen-bond donors (Lipinski definition) is 2. The lowest BCUT2D eigenvalue weighted by Gasteiger charge is -2.58. The Hall–Kier alpha value is -1.61. The van der Waals surface area contributed by atoms with Gasteiger partial charge in [-0.05, 0) is 112 Å². The van der Waals surface area contributed by atoms with Crippen LogP contribution in [-0.4, -0.2) is 30.5 Å². The summed E-state index contributed by atoms with van der Waals surface area (Å²) in [7, 11) is 2.13. The Kier molecular flexibility index (Phi) is 5.76. The quantitative estimate of drug-likeness (QED) is 0.427. The number of nitrogens with one attached hydrogen (secondary N) is 1. The second-order valence-electron chi connectivity index (χ2n) is 11.8. The first-order chi connectivity index (χ1) is 15.4. The molecule has 0 aliphatic heterocycles. The SMILES string of the molecule is CN[C@H]1CC[C@@]2(C)C(=CC[C@H]3[C@@H]4CC[C@H]([C@H](C)N=Cc5ccccc5O)[C@@]4(C)CC[C@@H]32)C1. The molecule has 1 aromatic carbocycles. The highest BCUT2D eigenvalue weighted by Crippen LogP contribution is 2.66. The van der Waals surface area contributed by atoms with Crippen molar-refractivity contribution < 1.29 is 5.11 Å². The van der Waals surface area contributed by atoms with Gasteiger partial charge < -0.3 is 10.4 Å². The van der Waals surface area contributed by atoms with Crippen LogP contribution in [0.5, 0.6) is 5.75 Å². The number of nitrogens with zero attached hydrogens (tertiary/aromatic N) is 1. The van der Waals surface area contributed by atoms with Crippen molar-refractivity contribution in [3.63, 3.8) is 0 Å². The second-order valence-corrected chi connectivity index (χ2v) is 11.8. The molecule has 0 amide bonds. The third-order valence-corrected chi connectivity index (χ3v) is 10.6. The van der Waals surface area contributed by atoms with E-state index in [9.17, 15) is 5.11 Å². The molecule has 3 nitrogen and oxygen atoms in total. The lowest BCUT2D eigenvalue weighted by molar-refractivity contribution is -0.0452. The van der Waals surface area contributed by atoms with Gasteiger partial charge in [-0.25, -0.2) is 0 Å². The van der Waals surface area contributed by atoms with Crippen LogP contribution in [0.3, 0.4) is 0 Å². The summed E-state index contributed by atoms with van der Waals surface area (Å²) in [6, 6.07) is 8.51. The van der Waals surface area contributed by atoms with Crippen molar-refractivity contribution in [2.45, 2.75) is 84.2 Å². The fourth-order valence-electron chi connectivity index (χ4n) is 8.64. The molecule has 2 N–H and O–H groups in total. The summed E-state index contributed by atoms with van der Waals surface area (Å²) in [5, 5.41) is 13.7. The second kappa shape index (κ2) is 8.31. The fraction of sp³-hybridized carbons (Fsp3) is 0.690. The van der Waals surface area contributed by atoms with Gasteiger partial charge in [0, 0.05) is 17.8 Å². The summed E-state index contributed by atoms with van der Waals surface area (Å²) in [6.45, 7) is 7.51. The maximum absolute atomic E-state index is 10.1. The molecule has 0 heterocycles. The van der Waals surface area contributed by atoms with E-state index in [-0.39, 0.29) is 0 Å². The minimum absolute atomic E-state index is 0.303. The van der Waals surface area contributed by atoms with E-state index in [1.165, 1.54) is 51.4 Å². The number of para-hydroxylation sites is 1. The molecule has 174 valence electrons. The van der Waals surface area contributed by atoms with Gasteiger partial charge in [0.25, 0.3) is 0 Å². The standard InChI is InChI=1S/C29H42N2O/c1-19(31-18-20-7-5-6-8-27(20)32)24-11-12-25-23-10-9-21-17-22(30-4)13-15-28(21,2)26(23)14-16-29(24,25)3/h5-9,18-19,22-26,30,32H,10-17H2,1-4H3/t19-,22-,23-,24+,25-,26-,28-,29+/m0/s1. The zero-order valence-electron chi connectivity index (χ0n) is 20.5. The highest BCUT2D eigenvalue weighted by molar-refractivity contribution is 5.83. The molecule has 32 heavy (non-hydrogen) atoms. The minimum atomic E-state index is 0.303. The number of allylic oxidation sites excluding steroid dienone is 1. The Morgan fingerprint density at radius 2 is 1.91 bits per heavy atom. The fourth-order valence-corrected chi connectivity index (χ4v) is 8.64. The molecule has 0 radical (unpaired) electrons. The minimum Gasteiger partial charge on any atom is -0.507 e. The Labute approximate surface area is 194 Å². The van der Waals surface area contributed by atoms with Gasteiger partial charge in [0.05, 0.1) is 6.04 Å². The van der Waals surface area contributed by atoms with Gasteiger partial charge in [0.15, 0.2) is 0 Å². The highest BCUT2D eigenvalue weighted by Gasteiger charge is 2.59. The molecule has 1 aromatic rings. The number of rotatable bonds is 4. The maximum atomic E-state index is 10.1. The molecule has 3 heteroatoms. The molecule has 4 aliphatic rings. The molecule has 0 saturated heterocycles. The molecule has 0 unspecified atom stereocenters. The van der Waals surface area contributed by atoms with Crippen LogP contribution in [0.2, 0.25) is 0 Å². The number of hydrogen-bond acceptors (Lipinski definition) is 3. The lowest BCUT2D eigenvalue weighted by atomic mass is 9.47. The summed E-state index contributed by atoms with van der Waals surface area (Å²) in [5.41, 5.74) is 3.44. The first kappa shape index (κ1) is 22.2. The van der Waals surface area contributed by atoms with Crippen molar-refractivity contribution in [2.75, 3.05) is 7.05 Å². The Balaban J connectivity index is 1.35. The summed E-state index contributed by atoms with van der Waals surface area (Å²) in [5.74, 6) is 3.54. The first-order valence-electron chi connectivity index (χ1n) is 13.0. The number of phenolic OH excluding ortho intramolecular Hbond substituents is 1. The van der Waals surface area contributed by atoms with E-state index < -0.39 is 0 Å². The predicted molar refractivity (Wildman–Crippen MR) is 133 cm³/mol. The zero-order valence-corrected chi connectivity index (χ0v) is 20.5. The number of phenols is 1. The van der Waals surface area contributed by atoms with Gasteiger partial charge in [0.1, 0.15) is 5.75 Å². The van der Waals surface area contributed by atoms with Crippen LogP contribution >= 0.6 is 0 Å². The largest absolute Gasteiger partial charge is 0.507 e. The van der Waals surface area contributed by atoms with Crippen molar-refractivity contribution in [3.05, 3.63) is 41.5 Å². The van der Waals surface area contributed by atoms with Gasteiger partial charge in [-0.1, -0.05) is 37.6 Å². The summed E-state index contributed by atoms with van der Waals surface area (Å²) < 4.78 is 0.